The second-order valence-electron chi connectivity index (χ2n) is 1.58. The summed E-state index contributed by atoms with van der Waals surface area (Å²) in [5, 5.41) is 1.56. The van der Waals surface area contributed by atoms with Gasteiger partial charge in [-0.05, 0) is 6.42 Å². The van der Waals surface area contributed by atoms with Crippen molar-refractivity contribution in [3.05, 3.63) is 0 Å². The first-order valence-corrected chi connectivity index (χ1v) is 2.77. The summed E-state index contributed by atoms with van der Waals surface area (Å²) in [5.74, 6) is 7.05. The van der Waals surface area contributed by atoms with Gasteiger partial charge in [0.25, 0.3) is 0 Å². The Morgan fingerprint density at radius 2 is 2.00 bits per heavy atom. The summed E-state index contributed by atoms with van der Waals surface area (Å²) in [6, 6.07) is 0. The maximum Gasteiger partial charge on any atom is 0.0141 e. The predicted molar refractivity (Wildman–Crippen MR) is 30.6 cm³/mol. The molecule has 0 atom stereocenters. The van der Waals surface area contributed by atoms with Crippen LogP contribution in [0.5, 0.6) is 0 Å². The zero-order valence-corrected chi connectivity index (χ0v) is 5.07. The van der Waals surface area contributed by atoms with Gasteiger partial charge in [0.15, 0.2) is 0 Å². The van der Waals surface area contributed by atoms with Crippen LogP contribution in [-0.4, -0.2) is 18.1 Å². The molecule has 0 amide bonds. The third-order valence-electron chi connectivity index (χ3n) is 0.875. The second-order valence-corrected chi connectivity index (χ2v) is 1.58. The molecule has 0 unspecified atom stereocenters. The molecule has 0 aliphatic rings. The number of nitrogens with one attached hydrogen (secondary N) is 1. The zero-order chi connectivity index (χ0) is 5.70. The molecule has 2 nitrogen and oxygen atoms in total. The topological polar surface area (TPSA) is 27.0 Å². The fourth-order valence-electron chi connectivity index (χ4n) is 0.428. The summed E-state index contributed by atoms with van der Waals surface area (Å²) >= 11 is 0. The van der Waals surface area contributed by atoms with Crippen molar-refractivity contribution < 1.29 is 0 Å². The Labute approximate surface area is 45.3 Å². The molecule has 0 aromatic rings. The monoisotopic (exact) mass is 101 g/mol. The summed E-state index contributed by atoms with van der Waals surface area (Å²) in [4.78, 5) is 0. The Morgan fingerprint density at radius 3 is 2.14 bits per heavy atom. The van der Waals surface area contributed by atoms with Crippen molar-refractivity contribution in [2.75, 3.05) is 13.1 Å². The fraction of sp³-hybridized carbons (Fsp3) is 1.00. The van der Waals surface area contributed by atoms with Gasteiger partial charge in [-0.1, -0.05) is 13.8 Å². The fourth-order valence-corrected chi connectivity index (χ4v) is 0.428. The molecule has 0 saturated carbocycles. The highest BCUT2D eigenvalue weighted by atomic mass is 15.4. The molecule has 0 aliphatic heterocycles. The highest BCUT2D eigenvalue weighted by Crippen LogP contribution is 1.80. The van der Waals surface area contributed by atoms with Gasteiger partial charge in [0, 0.05) is 13.1 Å². The first kappa shape index (κ1) is 6.92. The van der Waals surface area contributed by atoms with Gasteiger partial charge >= 0.3 is 0 Å². The Morgan fingerprint density at radius 1 is 1.43 bits per heavy atom. The summed E-state index contributed by atoms with van der Waals surface area (Å²) in [6.45, 7) is 5.81. The maximum absolute atomic E-state index is 7.05. The summed E-state index contributed by atoms with van der Waals surface area (Å²) in [5.41, 5.74) is 0. The largest absolute Gasteiger partial charge is 0.230 e. The highest BCUT2D eigenvalue weighted by molar-refractivity contribution is 4.37. The highest BCUT2D eigenvalue weighted by Gasteiger charge is 1.88. The lowest BCUT2D eigenvalue weighted by Gasteiger charge is -2.08. The molecule has 1 N–H and O–H groups in total. The Hall–Kier alpha value is -0.0800. The van der Waals surface area contributed by atoms with E-state index in [1.165, 1.54) is 0 Å². The lowest BCUT2D eigenvalue weighted by Crippen LogP contribution is -2.21. The van der Waals surface area contributed by atoms with Crippen LogP contribution < -0.4 is 5.84 Å². The van der Waals surface area contributed by atoms with E-state index in [0.29, 0.717) is 0 Å². The third kappa shape index (κ3) is 3.76. The summed E-state index contributed by atoms with van der Waals surface area (Å²) < 4.78 is 0. The van der Waals surface area contributed by atoms with Crippen LogP contribution in [0.25, 0.3) is 0 Å². The van der Waals surface area contributed by atoms with Gasteiger partial charge < -0.3 is 0 Å². The molecule has 0 aromatic carbocycles. The van der Waals surface area contributed by atoms with Crippen molar-refractivity contribution in [3.8, 4) is 0 Å². The van der Waals surface area contributed by atoms with Gasteiger partial charge in [-0.3, -0.25) is 0 Å². The van der Waals surface area contributed by atoms with Crippen LogP contribution in [0.1, 0.15) is 20.3 Å². The van der Waals surface area contributed by atoms with Crippen LogP contribution >= 0.6 is 0 Å². The van der Waals surface area contributed by atoms with E-state index in [1.807, 2.05) is 6.92 Å². The summed E-state index contributed by atoms with van der Waals surface area (Å²) in [7, 11) is 0. The minimum absolute atomic E-state index is 0.841. The van der Waals surface area contributed by atoms with Gasteiger partial charge in [-0.15, -0.1) is 0 Å². The van der Waals surface area contributed by atoms with Crippen molar-refractivity contribution in [1.82, 2.24) is 10.9 Å². The van der Waals surface area contributed by atoms with Gasteiger partial charge in [0.05, 0.1) is 0 Å². The van der Waals surface area contributed by atoms with Gasteiger partial charge in [-0.2, -0.15) is 5.84 Å². The van der Waals surface area contributed by atoms with Crippen LogP contribution in [0.3, 0.4) is 0 Å². The molecule has 43 valence electrons. The lowest BCUT2D eigenvalue weighted by atomic mass is 10.5. The first-order chi connectivity index (χ1) is 3.31. The third-order valence-corrected chi connectivity index (χ3v) is 0.875. The molecule has 0 aromatic heterocycles. The van der Waals surface area contributed by atoms with E-state index >= 15 is 0 Å². The predicted octanol–water partition coefficient (Wildman–Crippen LogP) is 0.916. The van der Waals surface area contributed by atoms with Gasteiger partial charge in [-0.25, -0.2) is 5.01 Å². The smallest absolute Gasteiger partial charge is 0.0141 e. The van der Waals surface area contributed by atoms with E-state index in [2.05, 4.69) is 6.92 Å². The Kier molecular flexibility index (Phi) is 4.04. The van der Waals surface area contributed by atoms with Gasteiger partial charge in [0.2, 0.25) is 0 Å². The second kappa shape index (κ2) is 4.09. The van der Waals surface area contributed by atoms with Crippen LogP contribution in [0.2, 0.25) is 0 Å². The molecule has 0 saturated heterocycles. The van der Waals surface area contributed by atoms with E-state index in [1.54, 1.807) is 5.01 Å². The van der Waals surface area contributed by atoms with Crippen molar-refractivity contribution in [1.29, 1.82) is 0 Å². The number of hydrogen-bond donors (Lipinski definition) is 0. The zero-order valence-electron chi connectivity index (χ0n) is 5.07. The molecule has 7 heavy (non-hydrogen) atoms. The standard InChI is InChI=1S/C5H13N2/c1-3-5-7(6)4-2/h6H,3-5H2,1-2H3. The minimum Gasteiger partial charge on any atom is -0.230 e. The van der Waals surface area contributed by atoms with Crippen molar-refractivity contribution in [2.24, 2.45) is 0 Å². The van der Waals surface area contributed by atoms with E-state index in [9.17, 15) is 0 Å². The molecule has 0 heterocycles. The van der Waals surface area contributed by atoms with Crippen molar-refractivity contribution in [3.63, 3.8) is 0 Å². The van der Waals surface area contributed by atoms with Crippen LogP contribution in [0, 0.1) is 0 Å². The molecular formula is C5H13N2. The van der Waals surface area contributed by atoms with Crippen molar-refractivity contribution in [2.45, 2.75) is 20.3 Å². The SMILES string of the molecule is CCCN([NH])CC. The first-order valence-electron chi connectivity index (χ1n) is 2.77. The van der Waals surface area contributed by atoms with Crippen LogP contribution in [-0.2, 0) is 0 Å². The Bertz CT molecular complexity index is 37.1. The molecule has 0 rings (SSSR count). The molecule has 0 spiro atoms. The molecular weight excluding hydrogens is 88.1 g/mol. The molecule has 0 fully saturated rings. The van der Waals surface area contributed by atoms with E-state index in [4.69, 9.17) is 5.84 Å². The normalized spacial score (nSPS) is 10.3. The van der Waals surface area contributed by atoms with E-state index < -0.39 is 0 Å². The van der Waals surface area contributed by atoms with Gasteiger partial charge in [0.1, 0.15) is 0 Å². The van der Waals surface area contributed by atoms with Crippen LogP contribution in [0.15, 0.2) is 0 Å². The Balaban J connectivity index is 2.83. The number of hydrogen-bond acceptors (Lipinski definition) is 1. The molecule has 0 aliphatic carbocycles. The van der Waals surface area contributed by atoms with E-state index in [0.717, 1.165) is 19.5 Å². The lowest BCUT2D eigenvalue weighted by molar-refractivity contribution is 0.282. The quantitative estimate of drug-likeness (QED) is 0.485. The maximum atomic E-state index is 7.05. The number of nitrogens with zero attached hydrogens (tertiary/aromatic N) is 1. The molecule has 0 bridgehead atoms. The summed E-state index contributed by atoms with van der Waals surface area (Å²) in [6.07, 6.45) is 1.08. The number of rotatable bonds is 3. The van der Waals surface area contributed by atoms with E-state index in [-0.39, 0.29) is 0 Å². The minimum atomic E-state index is 0.841. The average Bonchev–Trinajstić information content (AvgIpc) is 1.68. The van der Waals surface area contributed by atoms with Crippen molar-refractivity contribution >= 4 is 0 Å². The van der Waals surface area contributed by atoms with Crippen LogP contribution in [0.4, 0.5) is 0 Å². The average molecular weight is 101 g/mol. The molecule has 1 radical (unpaired) electrons. The molecule has 2 heteroatoms.